The normalized spacial score (nSPS) is 11.4. The van der Waals surface area contributed by atoms with E-state index in [2.05, 4.69) is 117 Å². The number of pyridine rings is 2. The van der Waals surface area contributed by atoms with Gasteiger partial charge in [0.15, 0.2) is 0 Å². The molecule has 0 aliphatic rings. The molecule has 0 bridgehead atoms. The zero-order valence-electron chi connectivity index (χ0n) is 31.7. The van der Waals surface area contributed by atoms with Crippen LogP contribution in [-0.2, 0) is 0 Å². The minimum absolute atomic E-state index is 0. The summed E-state index contributed by atoms with van der Waals surface area (Å²) in [6.07, 6.45) is 9.10. The molecule has 0 fully saturated rings. The van der Waals surface area contributed by atoms with Crippen LogP contribution in [0.1, 0.15) is 51.4 Å². The van der Waals surface area contributed by atoms with E-state index in [1.807, 2.05) is 0 Å². The zero-order chi connectivity index (χ0) is 35.8. The second-order valence-corrected chi connectivity index (χ2v) is 14.0. The van der Waals surface area contributed by atoms with Gasteiger partial charge in [-0.25, -0.2) is 9.97 Å². The predicted molar refractivity (Wildman–Crippen MR) is 238 cm³/mol. The average molecular weight is 772 g/mol. The number of aromatic nitrogens is 2. The molecule has 2 heterocycles. The van der Waals surface area contributed by atoms with Gasteiger partial charge in [-0.15, -0.1) is 24.8 Å². The molecular weight excluding hydrogens is 711 g/mol. The average Bonchev–Trinajstić information content (AvgIpc) is 3.18. The number of hydrogen-bond donors (Lipinski definition) is 4. The molecular formula is C44H60Cl2N8. The molecule has 0 radical (unpaired) electrons. The van der Waals surface area contributed by atoms with Crippen molar-refractivity contribution in [2.24, 2.45) is 11.5 Å². The highest BCUT2D eigenvalue weighted by molar-refractivity contribution is 6.08. The number of para-hydroxylation sites is 4. The van der Waals surface area contributed by atoms with Gasteiger partial charge in [0.25, 0.3) is 0 Å². The molecule has 290 valence electrons. The van der Waals surface area contributed by atoms with Crippen molar-refractivity contribution in [3.05, 3.63) is 97.1 Å². The molecule has 0 unspecified atom stereocenters. The summed E-state index contributed by atoms with van der Waals surface area (Å²) in [5, 5.41) is 12.3. The van der Waals surface area contributed by atoms with Gasteiger partial charge in [0.2, 0.25) is 0 Å². The number of hydrogen-bond acceptors (Lipinski definition) is 8. The van der Waals surface area contributed by atoms with E-state index in [-0.39, 0.29) is 24.8 Å². The Morgan fingerprint density at radius 2 is 0.667 bits per heavy atom. The number of nitrogens with one attached hydrogen (secondary N) is 2. The van der Waals surface area contributed by atoms with Crippen LogP contribution in [0.2, 0.25) is 0 Å². The topological polar surface area (TPSA) is 108 Å². The molecule has 6 aromatic rings. The lowest BCUT2D eigenvalue weighted by Gasteiger charge is -2.25. The smallest absolute Gasteiger partial charge is 0.0730 e. The summed E-state index contributed by atoms with van der Waals surface area (Å²) in [5.74, 6) is 0. The maximum atomic E-state index is 5.93. The molecule has 4 aromatic carbocycles. The molecule has 0 saturated carbocycles. The summed E-state index contributed by atoms with van der Waals surface area (Å²) in [6.45, 7) is 10.0. The van der Waals surface area contributed by atoms with Crippen molar-refractivity contribution >= 4 is 79.8 Å². The fourth-order valence-corrected chi connectivity index (χ4v) is 7.38. The monoisotopic (exact) mass is 770 g/mol. The Hall–Kier alpha value is -3.76. The SMILES string of the molecule is Cl.Cl.NCCCN(CCCCNc1c2ccccc2nc2ccccc12)CCCCN(CCCN)CCCCNc1c2ccccc2nc2ccccc12. The van der Waals surface area contributed by atoms with E-state index in [4.69, 9.17) is 21.4 Å². The van der Waals surface area contributed by atoms with Gasteiger partial charge < -0.3 is 31.9 Å². The molecule has 0 aliphatic carbocycles. The van der Waals surface area contributed by atoms with Crippen molar-refractivity contribution in [1.29, 1.82) is 0 Å². The van der Waals surface area contributed by atoms with Crippen LogP contribution >= 0.6 is 24.8 Å². The Kier molecular flexibility index (Phi) is 18.5. The van der Waals surface area contributed by atoms with Gasteiger partial charge in [0.05, 0.1) is 33.4 Å². The Labute approximate surface area is 334 Å². The van der Waals surface area contributed by atoms with Crippen LogP contribution in [0, 0.1) is 0 Å². The van der Waals surface area contributed by atoms with E-state index in [1.165, 1.54) is 58.6 Å². The van der Waals surface area contributed by atoms with Gasteiger partial charge >= 0.3 is 0 Å². The van der Waals surface area contributed by atoms with Crippen molar-refractivity contribution in [2.75, 3.05) is 76.1 Å². The van der Waals surface area contributed by atoms with E-state index in [0.29, 0.717) is 0 Å². The van der Waals surface area contributed by atoms with Crippen molar-refractivity contribution in [3.8, 4) is 0 Å². The Balaban J connectivity index is 0.00000325. The summed E-state index contributed by atoms with van der Waals surface area (Å²) in [4.78, 5) is 15.0. The highest BCUT2D eigenvalue weighted by Gasteiger charge is 2.11. The van der Waals surface area contributed by atoms with Crippen molar-refractivity contribution in [3.63, 3.8) is 0 Å². The van der Waals surface area contributed by atoms with Gasteiger partial charge in [-0.05, 0) is 128 Å². The third kappa shape index (κ3) is 11.9. The lowest BCUT2D eigenvalue weighted by molar-refractivity contribution is 0.235. The zero-order valence-corrected chi connectivity index (χ0v) is 33.4. The molecule has 0 spiro atoms. The van der Waals surface area contributed by atoms with Crippen LogP contribution in [0.4, 0.5) is 11.4 Å². The molecule has 6 rings (SSSR count). The number of unbranched alkanes of at least 4 members (excludes halogenated alkanes) is 3. The number of nitrogens with zero attached hydrogens (tertiary/aromatic N) is 4. The predicted octanol–water partition coefficient (Wildman–Crippen LogP) is 9.10. The first-order valence-corrected chi connectivity index (χ1v) is 19.6. The number of halogens is 2. The molecule has 10 heteroatoms. The Morgan fingerprint density at radius 1 is 0.389 bits per heavy atom. The van der Waals surface area contributed by atoms with Crippen molar-refractivity contribution in [1.82, 2.24) is 19.8 Å². The summed E-state index contributed by atoms with van der Waals surface area (Å²) in [6, 6.07) is 33.8. The standard InChI is InChI=1S/C44H58N8.2ClH/c45-25-15-33-51(29-11-9-27-47-43-35-17-1-5-21-39(35)49-40-22-6-2-18-36(40)43)31-13-14-32-52(34-16-26-46)30-12-10-28-48-44-37-19-3-7-23-41(37)50-42-24-8-4-20-38(42)44;;/h1-8,17-24H,9-16,25-34,45-46H2,(H,47,49)(H,48,50);2*1H. The van der Waals surface area contributed by atoms with Gasteiger partial charge in [-0.1, -0.05) is 72.8 Å². The van der Waals surface area contributed by atoms with Crippen LogP contribution in [-0.4, -0.2) is 85.2 Å². The molecule has 0 aliphatic heterocycles. The minimum atomic E-state index is 0. The van der Waals surface area contributed by atoms with Crippen LogP contribution < -0.4 is 22.1 Å². The number of rotatable bonds is 23. The number of benzene rings is 4. The third-order valence-corrected chi connectivity index (χ3v) is 10.1. The van der Waals surface area contributed by atoms with Gasteiger partial charge in [-0.3, -0.25) is 0 Å². The molecule has 0 atom stereocenters. The Bertz CT molecular complexity index is 1740. The van der Waals surface area contributed by atoms with Gasteiger partial charge in [0.1, 0.15) is 0 Å². The second-order valence-electron chi connectivity index (χ2n) is 14.0. The first kappa shape index (κ1) is 43.0. The molecule has 6 N–H and O–H groups in total. The third-order valence-electron chi connectivity index (χ3n) is 10.1. The van der Waals surface area contributed by atoms with Crippen molar-refractivity contribution in [2.45, 2.75) is 51.4 Å². The fraction of sp³-hybridized carbons (Fsp3) is 0.409. The fourth-order valence-electron chi connectivity index (χ4n) is 7.38. The van der Waals surface area contributed by atoms with E-state index in [0.717, 1.165) is 113 Å². The van der Waals surface area contributed by atoms with Gasteiger partial charge in [0, 0.05) is 34.6 Å². The molecule has 54 heavy (non-hydrogen) atoms. The minimum Gasteiger partial charge on any atom is -0.384 e. The second kappa shape index (κ2) is 23.2. The quantitative estimate of drug-likeness (QED) is 0.0378. The summed E-state index contributed by atoms with van der Waals surface area (Å²) in [5.41, 5.74) is 18.4. The van der Waals surface area contributed by atoms with E-state index in [9.17, 15) is 0 Å². The number of nitrogens with two attached hydrogens (primary N) is 2. The molecule has 0 saturated heterocycles. The summed E-state index contributed by atoms with van der Waals surface area (Å²) >= 11 is 0. The maximum absolute atomic E-state index is 5.93. The summed E-state index contributed by atoms with van der Waals surface area (Å²) < 4.78 is 0. The first-order valence-electron chi connectivity index (χ1n) is 19.6. The van der Waals surface area contributed by atoms with Crippen LogP contribution in [0.25, 0.3) is 43.6 Å². The highest BCUT2D eigenvalue weighted by Crippen LogP contribution is 2.32. The summed E-state index contributed by atoms with van der Waals surface area (Å²) in [7, 11) is 0. The number of fused-ring (bicyclic) bond motifs is 4. The van der Waals surface area contributed by atoms with E-state index < -0.39 is 0 Å². The Morgan fingerprint density at radius 3 is 0.981 bits per heavy atom. The van der Waals surface area contributed by atoms with Crippen LogP contribution in [0.15, 0.2) is 97.1 Å². The first-order chi connectivity index (χ1) is 25.7. The highest BCUT2D eigenvalue weighted by atomic mass is 35.5. The molecule has 0 amide bonds. The largest absolute Gasteiger partial charge is 0.384 e. The molecule has 8 nitrogen and oxygen atoms in total. The van der Waals surface area contributed by atoms with E-state index in [1.54, 1.807) is 0 Å². The van der Waals surface area contributed by atoms with Crippen LogP contribution in [0.5, 0.6) is 0 Å². The van der Waals surface area contributed by atoms with Crippen LogP contribution in [0.3, 0.4) is 0 Å². The molecule has 2 aromatic heterocycles. The lowest BCUT2D eigenvalue weighted by Crippen LogP contribution is -2.31. The van der Waals surface area contributed by atoms with Crippen molar-refractivity contribution < 1.29 is 0 Å². The maximum Gasteiger partial charge on any atom is 0.0730 e. The number of anilines is 2. The lowest BCUT2D eigenvalue weighted by atomic mass is 10.1. The van der Waals surface area contributed by atoms with E-state index >= 15 is 0 Å². The van der Waals surface area contributed by atoms with Gasteiger partial charge in [-0.2, -0.15) is 0 Å².